The van der Waals surface area contributed by atoms with Gasteiger partial charge in [0.2, 0.25) is 5.95 Å². The topological polar surface area (TPSA) is 92.0 Å². The number of nitrogens with two attached hydrogens (primary N) is 1. The molecule has 170 valence electrons. The molecule has 32 heavy (non-hydrogen) atoms. The molecule has 0 saturated carbocycles. The molecule has 2 N–H and O–H groups in total. The lowest BCUT2D eigenvalue weighted by Crippen LogP contribution is -2.32. The number of benzene rings is 2. The number of hydrogen-bond acceptors (Lipinski definition) is 8. The molecule has 0 fully saturated rings. The van der Waals surface area contributed by atoms with Gasteiger partial charge in [0.15, 0.2) is 23.0 Å². The molecular weight excluding hydrogens is 408 g/mol. The molecule has 0 spiro atoms. The van der Waals surface area contributed by atoms with E-state index in [2.05, 4.69) is 28.9 Å². The Morgan fingerprint density at radius 3 is 2.31 bits per heavy atom. The number of aromatic nitrogens is 2. The number of unbranched alkanes of at least 4 members (excludes halogenated alkanes) is 1. The van der Waals surface area contributed by atoms with Gasteiger partial charge in [-0.05, 0) is 42.2 Å². The number of nitrogens with zero attached hydrogens (tertiary/aromatic N) is 3. The minimum absolute atomic E-state index is 0.412. The normalized spacial score (nSPS) is 13.1. The minimum Gasteiger partial charge on any atom is -0.493 e. The van der Waals surface area contributed by atoms with Gasteiger partial charge >= 0.3 is 0 Å². The Bertz CT molecular complexity index is 1120. The molecule has 1 aliphatic heterocycles. The second-order valence-corrected chi connectivity index (χ2v) is 7.78. The van der Waals surface area contributed by atoms with E-state index in [9.17, 15) is 0 Å². The van der Waals surface area contributed by atoms with E-state index >= 15 is 0 Å². The number of rotatable bonds is 8. The summed E-state index contributed by atoms with van der Waals surface area (Å²) in [4.78, 5) is 11.5. The van der Waals surface area contributed by atoms with E-state index in [-0.39, 0.29) is 0 Å². The molecule has 1 aromatic heterocycles. The van der Waals surface area contributed by atoms with E-state index in [1.165, 1.54) is 11.1 Å². The van der Waals surface area contributed by atoms with E-state index < -0.39 is 0 Å². The van der Waals surface area contributed by atoms with Crippen LogP contribution in [0, 0.1) is 0 Å². The Morgan fingerprint density at radius 2 is 1.59 bits per heavy atom. The first-order valence-corrected chi connectivity index (χ1v) is 10.8. The number of hydrogen-bond donors (Lipinski definition) is 1. The monoisotopic (exact) mass is 438 g/mol. The van der Waals surface area contributed by atoms with Crippen LogP contribution in [0.1, 0.15) is 30.9 Å². The SMILES string of the molecule is CCCCOc1cc2c(cc1OC)CCN(c1nc(N)c3cc(OC)c(OC)cc3n1)C2. The van der Waals surface area contributed by atoms with E-state index in [0.717, 1.165) is 42.7 Å². The van der Waals surface area contributed by atoms with Crippen molar-refractivity contribution in [3.05, 3.63) is 35.4 Å². The van der Waals surface area contributed by atoms with Gasteiger partial charge < -0.3 is 29.6 Å². The summed E-state index contributed by atoms with van der Waals surface area (Å²) in [5.41, 5.74) is 9.44. The summed E-state index contributed by atoms with van der Waals surface area (Å²) >= 11 is 0. The third-order valence-corrected chi connectivity index (χ3v) is 5.76. The zero-order valence-corrected chi connectivity index (χ0v) is 19.1. The highest BCUT2D eigenvalue weighted by atomic mass is 16.5. The quantitative estimate of drug-likeness (QED) is 0.528. The van der Waals surface area contributed by atoms with Gasteiger partial charge in [0, 0.05) is 24.5 Å². The molecule has 0 amide bonds. The molecule has 2 heterocycles. The molecule has 0 unspecified atom stereocenters. The largest absolute Gasteiger partial charge is 0.493 e. The van der Waals surface area contributed by atoms with Crippen LogP contribution in [0.5, 0.6) is 23.0 Å². The first-order chi connectivity index (χ1) is 15.6. The number of ether oxygens (including phenoxy) is 4. The Balaban J connectivity index is 1.65. The highest BCUT2D eigenvalue weighted by Crippen LogP contribution is 2.36. The predicted octanol–water partition coefficient (Wildman–Crippen LogP) is 3.98. The summed E-state index contributed by atoms with van der Waals surface area (Å²) in [5, 5.41) is 0.736. The van der Waals surface area contributed by atoms with Crippen molar-refractivity contribution in [1.82, 2.24) is 9.97 Å². The first-order valence-electron chi connectivity index (χ1n) is 10.8. The van der Waals surface area contributed by atoms with Crippen molar-refractivity contribution >= 4 is 22.7 Å². The highest BCUT2D eigenvalue weighted by Gasteiger charge is 2.23. The fraction of sp³-hybridized carbons (Fsp3) is 0.417. The Kier molecular flexibility index (Phi) is 6.39. The number of nitrogen functional groups attached to an aromatic ring is 1. The van der Waals surface area contributed by atoms with Crippen molar-refractivity contribution in [3.8, 4) is 23.0 Å². The summed E-state index contributed by atoms with van der Waals surface area (Å²) in [6, 6.07) is 7.80. The fourth-order valence-electron chi connectivity index (χ4n) is 3.94. The maximum atomic E-state index is 6.29. The molecule has 0 saturated heterocycles. The first kappa shape index (κ1) is 21.8. The molecule has 1 aliphatic rings. The zero-order chi connectivity index (χ0) is 22.7. The average Bonchev–Trinajstić information content (AvgIpc) is 2.82. The van der Waals surface area contributed by atoms with Crippen molar-refractivity contribution in [2.24, 2.45) is 0 Å². The van der Waals surface area contributed by atoms with E-state index in [1.807, 2.05) is 12.1 Å². The Hall–Kier alpha value is -3.42. The average molecular weight is 439 g/mol. The van der Waals surface area contributed by atoms with Crippen LogP contribution in [-0.2, 0) is 13.0 Å². The third kappa shape index (κ3) is 4.17. The molecule has 3 aromatic rings. The summed E-state index contributed by atoms with van der Waals surface area (Å²) in [6.07, 6.45) is 2.94. The predicted molar refractivity (Wildman–Crippen MR) is 125 cm³/mol. The molecule has 2 aromatic carbocycles. The van der Waals surface area contributed by atoms with Crippen molar-refractivity contribution in [2.45, 2.75) is 32.7 Å². The van der Waals surface area contributed by atoms with Crippen molar-refractivity contribution in [1.29, 1.82) is 0 Å². The molecule has 8 nitrogen and oxygen atoms in total. The van der Waals surface area contributed by atoms with Crippen LogP contribution in [0.2, 0.25) is 0 Å². The summed E-state index contributed by atoms with van der Waals surface area (Å²) in [7, 11) is 4.87. The van der Waals surface area contributed by atoms with Crippen molar-refractivity contribution < 1.29 is 18.9 Å². The van der Waals surface area contributed by atoms with Crippen LogP contribution in [0.4, 0.5) is 11.8 Å². The van der Waals surface area contributed by atoms with E-state index in [4.69, 9.17) is 29.7 Å². The number of anilines is 2. The van der Waals surface area contributed by atoms with Crippen LogP contribution < -0.4 is 29.6 Å². The number of fused-ring (bicyclic) bond motifs is 2. The van der Waals surface area contributed by atoms with Gasteiger partial charge in [0.25, 0.3) is 0 Å². The number of methoxy groups -OCH3 is 3. The maximum Gasteiger partial charge on any atom is 0.228 e. The highest BCUT2D eigenvalue weighted by molar-refractivity contribution is 5.91. The zero-order valence-electron chi connectivity index (χ0n) is 19.1. The Labute approximate surface area is 188 Å². The third-order valence-electron chi connectivity index (χ3n) is 5.76. The van der Waals surface area contributed by atoms with Crippen molar-refractivity contribution in [3.63, 3.8) is 0 Å². The van der Waals surface area contributed by atoms with E-state index in [0.29, 0.717) is 41.9 Å². The summed E-state index contributed by atoms with van der Waals surface area (Å²) < 4.78 is 22.3. The van der Waals surface area contributed by atoms with Gasteiger partial charge in [-0.2, -0.15) is 4.98 Å². The lowest BCUT2D eigenvalue weighted by atomic mass is 9.99. The lowest BCUT2D eigenvalue weighted by Gasteiger charge is -2.30. The second kappa shape index (κ2) is 9.38. The molecule has 0 atom stereocenters. The van der Waals surface area contributed by atoms with Crippen LogP contribution in [0.15, 0.2) is 24.3 Å². The summed E-state index contributed by atoms with van der Waals surface area (Å²) in [6.45, 7) is 4.27. The lowest BCUT2D eigenvalue weighted by molar-refractivity contribution is 0.287. The van der Waals surface area contributed by atoms with Crippen LogP contribution in [0.3, 0.4) is 0 Å². The summed E-state index contributed by atoms with van der Waals surface area (Å²) in [5.74, 6) is 3.76. The van der Waals surface area contributed by atoms with Crippen LogP contribution in [-0.4, -0.2) is 44.4 Å². The van der Waals surface area contributed by atoms with Gasteiger partial charge in [0.05, 0.1) is 33.5 Å². The Morgan fingerprint density at radius 1 is 0.906 bits per heavy atom. The smallest absolute Gasteiger partial charge is 0.228 e. The molecule has 4 rings (SSSR count). The molecule has 0 bridgehead atoms. The standard InChI is InChI=1S/C24H30N4O4/c1-5-6-9-32-22-11-16-14-28(8-7-15(16)10-19(22)29-2)24-26-18-13-21(31-4)20(30-3)12-17(18)23(25)27-24/h10-13H,5-9,14H2,1-4H3,(H2,25,26,27). The second-order valence-electron chi connectivity index (χ2n) is 7.78. The van der Waals surface area contributed by atoms with Gasteiger partial charge in [0.1, 0.15) is 5.82 Å². The molecule has 0 radical (unpaired) electrons. The maximum absolute atomic E-state index is 6.29. The van der Waals surface area contributed by atoms with Gasteiger partial charge in [-0.25, -0.2) is 4.98 Å². The molecular formula is C24H30N4O4. The van der Waals surface area contributed by atoms with E-state index in [1.54, 1.807) is 21.3 Å². The van der Waals surface area contributed by atoms with Gasteiger partial charge in [-0.3, -0.25) is 0 Å². The van der Waals surface area contributed by atoms with Gasteiger partial charge in [-0.15, -0.1) is 0 Å². The van der Waals surface area contributed by atoms with Gasteiger partial charge in [-0.1, -0.05) is 13.3 Å². The minimum atomic E-state index is 0.412. The van der Waals surface area contributed by atoms with Crippen molar-refractivity contribution in [2.75, 3.05) is 45.1 Å². The van der Waals surface area contributed by atoms with Crippen LogP contribution in [0.25, 0.3) is 10.9 Å². The fourth-order valence-corrected chi connectivity index (χ4v) is 3.94. The van der Waals surface area contributed by atoms with Crippen LogP contribution >= 0.6 is 0 Å². The molecule has 0 aliphatic carbocycles. The molecule has 8 heteroatoms.